The molecule has 11 heteroatoms. The number of alkyl halides is 3. The molecule has 0 bridgehead atoms. The number of rotatable bonds is 4. The minimum absolute atomic E-state index is 0.113. The summed E-state index contributed by atoms with van der Waals surface area (Å²) < 4.78 is 38.2. The Morgan fingerprint density at radius 3 is 2.29 bits per heavy atom. The van der Waals surface area contributed by atoms with Crippen LogP contribution in [0.3, 0.4) is 0 Å². The zero-order valence-corrected chi connectivity index (χ0v) is 16.3. The number of anilines is 1. The molecular weight excluding hydrogens is 417 g/mol. The average Bonchev–Trinajstić information content (AvgIpc) is 2.99. The second kappa shape index (κ2) is 8.01. The van der Waals surface area contributed by atoms with Crippen LogP contribution < -0.4 is 15.9 Å². The van der Waals surface area contributed by atoms with Crippen molar-refractivity contribution in [2.24, 2.45) is 5.10 Å². The number of phenolic OH excluding ortho intramolecular Hbond substituents is 2. The van der Waals surface area contributed by atoms with Crippen molar-refractivity contribution < 1.29 is 33.0 Å². The van der Waals surface area contributed by atoms with Crippen molar-refractivity contribution in [1.29, 1.82) is 0 Å². The molecule has 0 atom stereocenters. The van der Waals surface area contributed by atoms with Gasteiger partial charge in [-0.1, -0.05) is 0 Å². The highest BCUT2D eigenvalue weighted by molar-refractivity contribution is 6.30. The quantitative estimate of drug-likeness (QED) is 0.436. The molecule has 0 aliphatic carbocycles. The zero-order valence-electron chi connectivity index (χ0n) is 16.3. The average molecular weight is 434 g/mol. The molecule has 2 aromatic carbocycles. The third-order valence-electron chi connectivity index (χ3n) is 4.42. The van der Waals surface area contributed by atoms with Crippen LogP contribution in [-0.2, 0) is 11.0 Å². The van der Waals surface area contributed by atoms with Crippen LogP contribution >= 0.6 is 0 Å². The van der Waals surface area contributed by atoms with E-state index in [-0.39, 0.29) is 34.0 Å². The van der Waals surface area contributed by atoms with Crippen LogP contribution in [0.1, 0.15) is 29.8 Å². The van der Waals surface area contributed by atoms with E-state index in [1.165, 1.54) is 26.0 Å². The summed E-state index contributed by atoms with van der Waals surface area (Å²) in [6, 6.07) is 7.41. The number of hydrazine groups is 1. The zero-order chi connectivity index (χ0) is 22.9. The van der Waals surface area contributed by atoms with Gasteiger partial charge in [-0.25, -0.2) is 0 Å². The smallest absolute Gasteiger partial charge is 0.416 e. The highest BCUT2D eigenvalue weighted by Crippen LogP contribution is 2.32. The molecule has 0 fully saturated rings. The van der Waals surface area contributed by atoms with Crippen molar-refractivity contribution in [3.05, 3.63) is 64.9 Å². The van der Waals surface area contributed by atoms with E-state index in [0.717, 1.165) is 35.3 Å². The molecule has 1 aliphatic rings. The number of allylic oxidation sites excluding steroid dienone is 1. The van der Waals surface area contributed by atoms with Crippen molar-refractivity contribution >= 4 is 23.2 Å². The van der Waals surface area contributed by atoms with Gasteiger partial charge in [0.05, 0.1) is 28.1 Å². The second-order valence-corrected chi connectivity index (χ2v) is 6.63. The summed E-state index contributed by atoms with van der Waals surface area (Å²) in [5.74, 6) is -1.97. The number of benzene rings is 2. The number of halogens is 3. The first-order chi connectivity index (χ1) is 14.5. The van der Waals surface area contributed by atoms with Crippen LogP contribution in [0, 0.1) is 0 Å². The number of nitrogens with one attached hydrogen (secondary N) is 2. The lowest BCUT2D eigenvalue weighted by molar-refractivity contribution is -0.137. The van der Waals surface area contributed by atoms with Crippen molar-refractivity contribution in [3.63, 3.8) is 0 Å². The molecule has 3 rings (SSSR count). The predicted octanol–water partition coefficient (Wildman–Crippen LogP) is 3.05. The molecule has 8 nitrogen and oxygen atoms in total. The van der Waals surface area contributed by atoms with Gasteiger partial charge in [-0.3, -0.25) is 15.0 Å². The van der Waals surface area contributed by atoms with Gasteiger partial charge >= 0.3 is 6.18 Å². The minimum Gasteiger partial charge on any atom is -0.508 e. The first-order valence-corrected chi connectivity index (χ1v) is 8.85. The van der Waals surface area contributed by atoms with E-state index in [1.807, 2.05) is 0 Å². The van der Waals surface area contributed by atoms with Crippen LogP contribution in [-0.4, -0.2) is 27.7 Å². The molecule has 4 N–H and O–H groups in total. The Kier molecular flexibility index (Phi) is 5.60. The third kappa shape index (κ3) is 4.44. The highest BCUT2D eigenvalue weighted by Gasteiger charge is 2.33. The van der Waals surface area contributed by atoms with Gasteiger partial charge in [-0.2, -0.15) is 23.3 Å². The number of aromatic hydroxyl groups is 2. The van der Waals surface area contributed by atoms with Gasteiger partial charge in [-0.15, -0.1) is 0 Å². The Labute approximate surface area is 174 Å². The number of hydrazone groups is 1. The topological polar surface area (TPSA) is 114 Å². The van der Waals surface area contributed by atoms with E-state index in [1.54, 1.807) is 0 Å². The fraction of sp³-hybridized carbons (Fsp3) is 0.150. The van der Waals surface area contributed by atoms with Crippen LogP contribution in [0.5, 0.6) is 11.5 Å². The van der Waals surface area contributed by atoms with E-state index < -0.39 is 29.3 Å². The van der Waals surface area contributed by atoms with Crippen molar-refractivity contribution in [2.45, 2.75) is 20.0 Å². The summed E-state index contributed by atoms with van der Waals surface area (Å²) in [5, 5.41) is 24.1. The van der Waals surface area contributed by atoms with Crippen molar-refractivity contribution in [3.8, 4) is 11.5 Å². The number of carbonyl (C=O) groups excluding carboxylic acids is 2. The Bertz CT molecular complexity index is 1110. The Morgan fingerprint density at radius 2 is 1.71 bits per heavy atom. The van der Waals surface area contributed by atoms with Gasteiger partial charge in [0.25, 0.3) is 11.8 Å². The number of carbonyl (C=O) groups is 2. The molecule has 2 aromatic rings. The van der Waals surface area contributed by atoms with Gasteiger partial charge in [0.2, 0.25) is 0 Å². The number of hydrogen-bond acceptors (Lipinski definition) is 6. The molecule has 0 unspecified atom stereocenters. The molecule has 2 amide bonds. The third-order valence-corrected chi connectivity index (χ3v) is 4.42. The van der Waals surface area contributed by atoms with Gasteiger partial charge in [0, 0.05) is 11.8 Å². The van der Waals surface area contributed by atoms with Crippen LogP contribution in [0.25, 0.3) is 0 Å². The van der Waals surface area contributed by atoms with E-state index in [9.17, 15) is 33.0 Å². The summed E-state index contributed by atoms with van der Waals surface area (Å²) in [6.07, 6.45) is -4.50. The predicted molar refractivity (Wildman–Crippen MR) is 105 cm³/mol. The van der Waals surface area contributed by atoms with E-state index in [0.29, 0.717) is 0 Å². The summed E-state index contributed by atoms with van der Waals surface area (Å²) >= 11 is 0. The largest absolute Gasteiger partial charge is 0.508 e. The number of nitrogens with zero attached hydrogens (tertiary/aromatic N) is 2. The second-order valence-electron chi connectivity index (χ2n) is 6.63. The van der Waals surface area contributed by atoms with E-state index >= 15 is 0 Å². The molecule has 0 aromatic heterocycles. The Morgan fingerprint density at radius 1 is 1.06 bits per heavy atom. The maximum Gasteiger partial charge on any atom is 0.416 e. The lowest BCUT2D eigenvalue weighted by Gasteiger charge is -2.15. The van der Waals surface area contributed by atoms with Gasteiger partial charge in [0.1, 0.15) is 11.5 Å². The van der Waals surface area contributed by atoms with Crippen LogP contribution in [0.15, 0.2) is 58.8 Å². The summed E-state index contributed by atoms with van der Waals surface area (Å²) in [4.78, 5) is 25.0. The first-order valence-electron chi connectivity index (χ1n) is 8.85. The SMILES string of the molecule is CC1=NN(c2ccc(C(F)(F)F)cc2)C(=O)/C1=C(/C)NNC(=O)c1ccc(O)cc1O. The fourth-order valence-corrected chi connectivity index (χ4v) is 2.90. The van der Waals surface area contributed by atoms with E-state index in [4.69, 9.17) is 0 Å². The molecule has 1 heterocycles. The number of amides is 2. The molecular formula is C20H17F3N4O4. The molecule has 31 heavy (non-hydrogen) atoms. The maximum atomic E-state index is 12.8. The van der Waals surface area contributed by atoms with Crippen molar-refractivity contribution in [2.75, 3.05) is 5.01 Å². The fourth-order valence-electron chi connectivity index (χ4n) is 2.90. The molecule has 162 valence electrons. The minimum atomic E-state index is -4.50. The van der Waals surface area contributed by atoms with Gasteiger partial charge in [-0.05, 0) is 50.2 Å². The molecule has 0 saturated carbocycles. The summed E-state index contributed by atoms with van der Waals surface area (Å²) in [6.45, 7) is 3.04. The monoisotopic (exact) mass is 434 g/mol. The molecule has 0 radical (unpaired) electrons. The van der Waals surface area contributed by atoms with Crippen molar-refractivity contribution in [1.82, 2.24) is 10.9 Å². The maximum absolute atomic E-state index is 12.8. The van der Waals surface area contributed by atoms with Gasteiger partial charge in [0.15, 0.2) is 0 Å². The number of phenols is 2. The lowest BCUT2D eigenvalue weighted by atomic mass is 10.1. The Balaban J connectivity index is 1.76. The number of hydrogen-bond donors (Lipinski definition) is 4. The van der Waals surface area contributed by atoms with Crippen LogP contribution in [0.4, 0.5) is 18.9 Å². The van der Waals surface area contributed by atoms with Gasteiger partial charge < -0.3 is 15.6 Å². The van der Waals surface area contributed by atoms with E-state index in [2.05, 4.69) is 16.0 Å². The standard InChI is InChI=1S/C20H17F3N4O4/c1-10(24-25-18(30)15-8-7-14(28)9-16(15)29)17-11(2)26-27(19(17)31)13-5-3-12(4-6-13)20(21,22)23/h3-9,24,28-29H,1-2H3,(H,25,30)/b17-10-. The summed E-state index contributed by atoms with van der Waals surface area (Å²) in [7, 11) is 0. The lowest BCUT2D eigenvalue weighted by Crippen LogP contribution is -2.37. The molecule has 0 spiro atoms. The molecule has 0 saturated heterocycles. The highest BCUT2D eigenvalue weighted by atomic mass is 19.4. The Hall–Kier alpha value is -4.02. The summed E-state index contributed by atoms with van der Waals surface area (Å²) in [5.41, 5.74) is 4.70. The normalized spacial score (nSPS) is 15.6. The molecule has 1 aliphatic heterocycles. The first kappa shape index (κ1) is 21.7. The van der Waals surface area contributed by atoms with Crippen LogP contribution in [0.2, 0.25) is 0 Å².